The fourth-order valence-electron chi connectivity index (χ4n) is 4.32. The highest BCUT2D eigenvalue weighted by atomic mass is 16.5. The molecule has 1 heterocycles. The number of aliphatic hydroxyl groups is 1. The fourth-order valence-corrected chi connectivity index (χ4v) is 4.32. The van der Waals surface area contributed by atoms with Crippen molar-refractivity contribution >= 4 is 23.7 Å². The number of ether oxygens (including phenoxy) is 1. The molecule has 36 heavy (non-hydrogen) atoms. The number of carbonyl (C=O) groups is 4. The zero-order valence-electron chi connectivity index (χ0n) is 21.5. The molecule has 0 bridgehead atoms. The van der Waals surface area contributed by atoms with Gasteiger partial charge in [-0.25, -0.2) is 4.79 Å². The number of carboxylic acid groups (broad SMARTS) is 1. The van der Waals surface area contributed by atoms with Gasteiger partial charge in [-0.2, -0.15) is 0 Å². The molecule has 0 spiro atoms. The lowest BCUT2D eigenvalue weighted by atomic mass is 9.93. The molecule has 1 saturated heterocycles. The Morgan fingerprint density at radius 2 is 1.78 bits per heavy atom. The predicted octanol–water partition coefficient (Wildman–Crippen LogP) is 0.888. The normalized spacial score (nSPS) is 18.1. The van der Waals surface area contributed by atoms with E-state index < -0.39 is 58.9 Å². The van der Waals surface area contributed by atoms with E-state index >= 15 is 0 Å². The van der Waals surface area contributed by atoms with Crippen LogP contribution in [0.5, 0.6) is 0 Å². The van der Waals surface area contributed by atoms with Crippen molar-refractivity contribution in [3.63, 3.8) is 0 Å². The highest BCUT2D eigenvalue weighted by Gasteiger charge is 2.44. The van der Waals surface area contributed by atoms with E-state index in [9.17, 15) is 29.4 Å². The van der Waals surface area contributed by atoms with Crippen LogP contribution in [0, 0.1) is 0 Å². The first-order chi connectivity index (χ1) is 16.9. The molecule has 0 aromatic rings. The summed E-state index contributed by atoms with van der Waals surface area (Å²) in [7, 11) is 0. The molecule has 1 aliphatic rings. The third-order valence-electron chi connectivity index (χ3n) is 5.68. The van der Waals surface area contributed by atoms with Gasteiger partial charge in [0.1, 0.15) is 0 Å². The maximum Gasteiger partial charge on any atom is 0.356 e. The van der Waals surface area contributed by atoms with Crippen LogP contribution in [0.2, 0.25) is 0 Å². The second-order valence-electron chi connectivity index (χ2n) is 8.96. The lowest BCUT2D eigenvalue weighted by molar-refractivity contribution is -0.138. The smallest absolute Gasteiger partial charge is 0.356 e. The van der Waals surface area contributed by atoms with Crippen molar-refractivity contribution in [2.45, 2.75) is 64.3 Å². The van der Waals surface area contributed by atoms with Crippen molar-refractivity contribution < 1.29 is 34.1 Å². The van der Waals surface area contributed by atoms with Crippen molar-refractivity contribution in [3.8, 4) is 0 Å². The van der Waals surface area contributed by atoms with Crippen molar-refractivity contribution in [2.24, 2.45) is 0 Å². The molecule has 200 valence electrons. The molecule has 0 radical (unpaired) electrons. The molecule has 11 nitrogen and oxygen atoms in total. The SMILES string of the molecule is C=CC(=O)NC(C(=O)O)=C(N(C(=O)C=C)C(CC)C1COCCN1)N(C(=O)C=C)C(C)(C)CC(C)O. The van der Waals surface area contributed by atoms with Gasteiger partial charge in [0.15, 0.2) is 11.5 Å². The summed E-state index contributed by atoms with van der Waals surface area (Å²) in [5.41, 5.74) is -1.96. The monoisotopic (exact) mass is 506 g/mol. The van der Waals surface area contributed by atoms with Crippen molar-refractivity contribution in [2.75, 3.05) is 19.8 Å². The molecular formula is C25H38N4O7. The molecule has 3 unspecified atom stereocenters. The van der Waals surface area contributed by atoms with E-state index in [4.69, 9.17) is 4.74 Å². The topological polar surface area (TPSA) is 149 Å². The van der Waals surface area contributed by atoms with E-state index in [1.165, 1.54) is 6.92 Å². The number of carboxylic acids is 1. The van der Waals surface area contributed by atoms with Gasteiger partial charge in [0.05, 0.1) is 31.4 Å². The number of aliphatic hydroxyl groups excluding tert-OH is 1. The highest BCUT2D eigenvalue weighted by molar-refractivity contribution is 6.00. The number of hydrogen-bond acceptors (Lipinski definition) is 7. The van der Waals surface area contributed by atoms with Gasteiger partial charge in [0.2, 0.25) is 5.91 Å². The van der Waals surface area contributed by atoms with Crippen LogP contribution in [0.4, 0.5) is 0 Å². The first kappa shape index (κ1) is 30.8. The van der Waals surface area contributed by atoms with Gasteiger partial charge in [-0.1, -0.05) is 26.7 Å². The van der Waals surface area contributed by atoms with Crippen molar-refractivity contribution in [1.82, 2.24) is 20.4 Å². The summed E-state index contributed by atoms with van der Waals surface area (Å²) in [6.07, 6.45) is 2.29. The molecule has 3 amide bonds. The predicted molar refractivity (Wildman–Crippen MR) is 134 cm³/mol. The second kappa shape index (κ2) is 13.7. The summed E-state index contributed by atoms with van der Waals surface area (Å²) in [5.74, 6) is -4.29. The van der Waals surface area contributed by atoms with Crippen molar-refractivity contribution in [3.05, 3.63) is 49.5 Å². The highest BCUT2D eigenvalue weighted by Crippen LogP contribution is 2.32. The van der Waals surface area contributed by atoms with Crippen LogP contribution >= 0.6 is 0 Å². The first-order valence-electron chi connectivity index (χ1n) is 11.7. The minimum absolute atomic E-state index is 0.0100. The Hall–Kier alpha value is -3.28. The number of nitrogens with zero attached hydrogens (tertiary/aromatic N) is 2. The molecule has 0 aromatic heterocycles. The Balaban J connectivity index is 4.13. The Morgan fingerprint density at radius 3 is 2.19 bits per heavy atom. The van der Waals surface area contributed by atoms with E-state index in [0.29, 0.717) is 19.6 Å². The lowest BCUT2D eigenvalue weighted by Gasteiger charge is -2.47. The van der Waals surface area contributed by atoms with Crippen LogP contribution in [0.1, 0.15) is 40.5 Å². The van der Waals surface area contributed by atoms with Gasteiger partial charge >= 0.3 is 5.97 Å². The van der Waals surface area contributed by atoms with Crippen LogP contribution in [0.25, 0.3) is 0 Å². The Bertz CT molecular complexity index is 904. The Morgan fingerprint density at radius 1 is 1.17 bits per heavy atom. The molecule has 1 rings (SSSR count). The molecule has 0 saturated carbocycles. The van der Waals surface area contributed by atoms with E-state index in [0.717, 1.165) is 28.0 Å². The minimum atomic E-state index is -1.60. The summed E-state index contributed by atoms with van der Waals surface area (Å²) in [5, 5.41) is 25.9. The largest absolute Gasteiger partial charge is 0.476 e. The van der Waals surface area contributed by atoms with E-state index in [1.54, 1.807) is 20.8 Å². The summed E-state index contributed by atoms with van der Waals surface area (Å²) in [4.78, 5) is 53.7. The summed E-state index contributed by atoms with van der Waals surface area (Å²) in [6.45, 7) is 18.2. The number of rotatable bonds is 13. The van der Waals surface area contributed by atoms with E-state index in [2.05, 4.69) is 30.4 Å². The van der Waals surface area contributed by atoms with Crippen LogP contribution < -0.4 is 10.6 Å². The second-order valence-corrected chi connectivity index (χ2v) is 8.96. The fraction of sp³-hybridized carbons (Fsp3) is 0.520. The van der Waals surface area contributed by atoms with E-state index in [-0.39, 0.29) is 13.0 Å². The Kier molecular flexibility index (Phi) is 11.7. The number of carbonyl (C=O) groups excluding carboxylic acids is 3. The van der Waals surface area contributed by atoms with E-state index in [1.807, 2.05) is 0 Å². The average Bonchev–Trinajstić information content (AvgIpc) is 2.83. The van der Waals surface area contributed by atoms with Gasteiger partial charge in [0.25, 0.3) is 11.8 Å². The average molecular weight is 507 g/mol. The van der Waals surface area contributed by atoms with Gasteiger partial charge in [-0.05, 0) is 51.8 Å². The number of amides is 3. The molecule has 0 aromatic carbocycles. The molecule has 0 aliphatic carbocycles. The molecule has 1 fully saturated rings. The number of nitrogens with one attached hydrogen (secondary N) is 2. The van der Waals surface area contributed by atoms with Crippen molar-refractivity contribution in [1.29, 1.82) is 0 Å². The third-order valence-corrected chi connectivity index (χ3v) is 5.68. The van der Waals surface area contributed by atoms with Crippen LogP contribution in [0.3, 0.4) is 0 Å². The third kappa shape index (κ3) is 7.61. The Labute approximate surface area is 212 Å². The molecule has 11 heteroatoms. The van der Waals surface area contributed by atoms with Gasteiger partial charge in [-0.15, -0.1) is 0 Å². The van der Waals surface area contributed by atoms with Crippen LogP contribution in [-0.2, 0) is 23.9 Å². The van der Waals surface area contributed by atoms with Gasteiger partial charge in [-0.3, -0.25) is 24.2 Å². The standard InChI is InChI=1S/C25H38N4O7/c1-8-18(17-15-36-13-12-26-17)28(20(32)10-3)23(22(24(34)35)27-19(31)9-2)29(21(33)11-4)25(6,7)14-16(5)30/h9-11,16-18,26,30H,2-4,8,12-15H2,1,5-7H3,(H,27,31)(H,34,35). The number of morpholine rings is 1. The maximum absolute atomic E-state index is 13.4. The zero-order chi connectivity index (χ0) is 27.6. The number of hydrogen-bond donors (Lipinski definition) is 4. The van der Waals surface area contributed by atoms with Crippen LogP contribution in [0.15, 0.2) is 49.5 Å². The molecule has 4 N–H and O–H groups in total. The summed E-state index contributed by atoms with van der Waals surface area (Å²) in [6, 6.07) is -1.13. The lowest BCUT2D eigenvalue weighted by Crippen LogP contribution is -2.61. The number of aliphatic carboxylic acids is 1. The zero-order valence-corrected chi connectivity index (χ0v) is 21.5. The van der Waals surface area contributed by atoms with Crippen LogP contribution in [-0.4, -0.2) is 87.2 Å². The summed E-state index contributed by atoms with van der Waals surface area (Å²) < 4.78 is 5.58. The van der Waals surface area contributed by atoms with Gasteiger partial charge in [0, 0.05) is 12.1 Å². The first-order valence-corrected chi connectivity index (χ1v) is 11.7. The quantitative estimate of drug-likeness (QED) is 0.269. The molecular weight excluding hydrogens is 468 g/mol. The van der Waals surface area contributed by atoms with Gasteiger partial charge < -0.3 is 25.6 Å². The molecule has 1 aliphatic heterocycles. The maximum atomic E-state index is 13.4. The summed E-state index contributed by atoms with van der Waals surface area (Å²) >= 11 is 0. The minimum Gasteiger partial charge on any atom is -0.476 e. The molecule has 3 atom stereocenters.